The first-order valence-corrected chi connectivity index (χ1v) is 6.76. The van der Waals surface area contributed by atoms with Crippen molar-refractivity contribution >= 4 is 27.6 Å². The number of halogens is 2. The molecule has 0 saturated carbocycles. The zero-order valence-electron chi connectivity index (χ0n) is 10.8. The SMILES string of the molecule is COC(=O)c1cc(NCc2ccccc2Br)ccc1F. The molecule has 2 aromatic carbocycles. The van der Waals surface area contributed by atoms with Gasteiger partial charge in [0.15, 0.2) is 0 Å². The monoisotopic (exact) mass is 337 g/mol. The Morgan fingerprint density at radius 1 is 1.30 bits per heavy atom. The highest BCUT2D eigenvalue weighted by atomic mass is 79.9. The molecule has 0 fully saturated rings. The molecule has 0 heterocycles. The largest absolute Gasteiger partial charge is 0.465 e. The van der Waals surface area contributed by atoms with Gasteiger partial charge in [-0.05, 0) is 29.8 Å². The standard InChI is InChI=1S/C15H13BrFNO2/c1-20-15(19)12-8-11(6-7-14(12)17)18-9-10-4-2-3-5-13(10)16/h2-8,18H,9H2,1H3. The lowest BCUT2D eigenvalue weighted by atomic mass is 10.1. The molecule has 2 aromatic rings. The van der Waals surface area contributed by atoms with Crippen LogP contribution in [0.2, 0.25) is 0 Å². The Balaban J connectivity index is 2.14. The number of carbonyl (C=O) groups excluding carboxylic acids is 1. The molecule has 104 valence electrons. The van der Waals surface area contributed by atoms with Crippen LogP contribution in [0, 0.1) is 5.82 Å². The van der Waals surface area contributed by atoms with Gasteiger partial charge in [0, 0.05) is 16.7 Å². The van der Waals surface area contributed by atoms with Crippen molar-refractivity contribution in [2.75, 3.05) is 12.4 Å². The van der Waals surface area contributed by atoms with Crippen molar-refractivity contribution in [2.24, 2.45) is 0 Å². The summed E-state index contributed by atoms with van der Waals surface area (Å²) in [5, 5.41) is 3.14. The summed E-state index contributed by atoms with van der Waals surface area (Å²) in [6.07, 6.45) is 0. The Bertz CT molecular complexity index is 631. The topological polar surface area (TPSA) is 38.3 Å². The molecule has 0 atom stereocenters. The number of anilines is 1. The van der Waals surface area contributed by atoms with Crippen LogP contribution in [0.15, 0.2) is 46.9 Å². The second kappa shape index (κ2) is 6.52. The number of esters is 1. The highest BCUT2D eigenvalue weighted by molar-refractivity contribution is 9.10. The number of carbonyl (C=O) groups is 1. The van der Waals surface area contributed by atoms with Gasteiger partial charge in [-0.15, -0.1) is 0 Å². The lowest BCUT2D eigenvalue weighted by Crippen LogP contribution is -2.06. The van der Waals surface area contributed by atoms with E-state index in [1.165, 1.54) is 19.2 Å². The molecule has 0 aliphatic heterocycles. The summed E-state index contributed by atoms with van der Waals surface area (Å²) in [4.78, 5) is 11.4. The van der Waals surface area contributed by atoms with E-state index in [4.69, 9.17) is 0 Å². The molecule has 5 heteroatoms. The van der Waals surface area contributed by atoms with E-state index in [-0.39, 0.29) is 5.56 Å². The Hall–Kier alpha value is -1.88. The zero-order chi connectivity index (χ0) is 14.5. The fraction of sp³-hybridized carbons (Fsp3) is 0.133. The number of benzene rings is 2. The summed E-state index contributed by atoms with van der Waals surface area (Å²) in [5.41, 5.74) is 1.64. The minimum Gasteiger partial charge on any atom is -0.465 e. The van der Waals surface area contributed by atoms with Crippen molar-refractivity contribution < 1.29 is 13.9 Å². The predicted molar refractivity (Wildman–Crippen MR) is 79.2 cm³/mol. The van der Waals surface area contributed by atoms with Gasteiger partial charge >= 0.3 is 5.97 Å². The lowest BCUT2D eigenvalue weighted by Gasteiger charge is -2.09. The number of hydrogen-bond donors (Lipinski definition) is 1. The van der Waals surface area contributed by atoms with Gasteiger partial charge in [-0.3, -0.25) is 0 Å². The molecular formula is C15H13BrFNO2. The molecule has 0 saturated heterocycles. The van der Waals surface area contributed by atoms with E-state index in [1.807, 2.05) is 24.3 Å². The smallest absolute Gasteiger partial charge is 0.340 e. The van der Waals surface area contributed by atoms with Crippen molar-refractivity contribution in [3.63, 3.8) is 0 Å². The second-order valence-corrected chi connectivity index (χ2v) is 4.99. The maximum Gasteiger partial charge on any atom is 0.340 e. The van der Waals surface area contributed by atoms with E-state index in [9.17, 15) is 9.18 Å². The van der Waals surface area contributed by atoms with Gasteiger partial charge in [0.25, 0.3) is 0 Å². The molecular weight excluding hydrogens is 325 g/mol. The molecule has 0 amide bonds. The third-order valence-electron chi connectivity index (χ3n) is 2.81. The van der Waals surface area contributed by atoms with E-state index in [2.05, 4.69) is 26.0 Å². The van der Waals surface area contributed by atoms with Crippen LogP contribution in [0.5, 0.6) is 0 Å². The van der Waals surface area contributed by atoms with Crippen LogP contribution in [0.4, 0.5) is 10.1 Å². The van der Waals surface area contributed by atoms with Crippen molar-refractivity contribution in [3.05, 3.63) is 63.9 Å². The Morgan fingerprint density at radius 3 is 2.75 bits per heavy atom. The van der Waals surface area contributed by atoms with Crippen molar-refractivity contribution in [1.29, 1.82) is 0 Å². The van der Waals surface area contributed by atoms with Gasteiger partial charge in [-0.2, -0.15) is 0 Å². The minimum atomic E-state index is -0.688. The van der Waals surface area contributed by atoms with Crippen LogP contribution in [0.25, 0.3) is 0 Å². The number of nitrogens with one attached hydrogen (secondary N) is 1. The van der Waals surface area contributed by atoms with Crippen LogP contribution in [0.1, 0.15) is 15.9 Å². The van der Waals surface area contributed by atoms with Crippen LogP contribution < -0.4 is 5.32 Å². The molecule has 0 unspecified atom stereocenters. The van der Waals surface area contributed by atoms with Crippen molar-refractivity contribution in [1.82, 2.24) is 0 Å². The van der Waals surface area contributed by atoms with Gasteiger partial charge in [0.05, 0.1) is 12.7 Å². The molecule has 0 aromatic heterocycles. The normalized spacial score (nSPS) is 10.2. The maximum absolute atomic E-state index is 13.5. The highest BCUT2D eigenvalue weighted by Gasteiger charge is 2.12. The van der Waals surface area contributed by atoms with Crippen molar-refractivity contribution in [3.8, 4) is 0 Å². The lowest BCUT2D eigenvalue weighted by molar-refractivity contribution is 0.0595. The summed E-state index contributed by atoms with van der Waals surface area (Å²) in [7, 11) is 1.23. The minimum absolute atomic E-state index is 0.0790. The van der Waals surface area contributed by atoms with Gasteiger partial charge < -0.3 is 10.1 Å². The van der Waals surface area contributed by atoms with Crippen LogP contribution >= 0.6 is 15.9 Å². The highest BCUT2D eigenvalue weighted by Crippen LogP contribution is 2.19. The van der Waals surface area contributed by atoms with E-state index in [1.54, 1.807) is 6.07 Å². The first-order valence-electron chi connectivity index (χ1n) is 5.97. The Kier molecular flexibility index (Phi) is 4.74. The van der Waals surface area contributed by atoms with Crippen LogP contribution in [-0.4, -0.2) is 13.1 Å². The number of hydrogen-bond acceptors (Lipinski definition) is 3. The molecule has 0 aliphatic rings. The van der Waals surface area contributed by atoms with Crippen LogP contribution in [0.3, 0.4) is 0 Å². The average Bonchev–Trinajstić information content (AvgIpc) is 2.47. The molecule has 20 heavy (non-hydrogen) atoms. The first-order chi connectivity index (χ1) is 9.61. The summed E-state index contributed by atoms with van der Waals surface area (Å²) >= 11 is 3.46. The third-order valence-corrected chi connectivity index (χ3v) is 3.59. The summed E-state index contributed by atoms with van der Waals surface area (Å²) in [5.74, 6) is -1.28. The molecule has 3 nitrogen and oxygen atoms in total. The van der Waals surface area contributed by atoms with Crippen LogP contribution in [-0.2, 0) is 11.3 Å². The zero-order valence-corrected chi connectivity index (χ0v) is 12.4. The maximum atomic E-state index is 13.5. The average molecular weight is 338 g/mol. The van der Waals surface area contributed by atoms with E-state index in [0.717, 1.165) is 10.0 Å². The summed E-state index contributed by atoms with van der Waals surface area (Å²) in [6.45, 7) is 0.563. The third kappa shape index (κ3) is 3.36. The molecule has 0 radical (unpaired) electrons. The number of ether oxygens (including phenoxy) is 1. The molecule has 1 N–H and O–H groups in total. The fourth-order valence-corrected chi connectivity index (χ4v) is 2.17. The quantitative estimate of drug-likeness (QED) is 0.857. The van der Waals surface area contributed by atoms with Gasteiger partial charge in [0.2, 0.25) is 0 Å². The van der Waals surface area contributed by atoms with Gasteiger partial charge in [0.1, 0.15) is 5.82 Å². The fourth-order valence-electron chi connectivity index (χ4n) is 1.74. The van der Waals surface area contributed by atoms with E-state index >= 15 is 0 Å². The molecule has 2 rings (SSSR count). The number of rotatable bonds is 4. The Morgan fingerprint density at radius 2 is 2.05 bits per heavy atom. The van der Waals surface area contributed by atoms with E-state index < -0.39 is 11.8 Å². The van der Waals surface area contributed by atoms with Crippen molar-refractivity contribution in [2.45, 2.75) is 6.54 Å². The Labute approximate surface area is 124 Å². The summed E-state index contributed by atoms with van der Waals surface area (Å²) < 4.78 is 19.0. The van der Waals surface area contributed by atoms with Gasteiger partial charge in [-0.1, -0.05) is 34.1 Å². The summed E-state index contributed by atoms with van der Waals surface area (Å²) in [6, 6.07) is 12.1. The number of methoxy groups -OCH3 is 1. The molecule has 0 aliphatic carbocycles. The molecule has 0 bridgehead atoms. The van der Waals surface area contributed by atoms with Gasteiger partial charge in [-0.25, -0.2) is 9.18 Å². The molecule has 0 spiro atoms. The second-order valence-electron chi connectivity index (χ2n) is 4.13. The van der Waals surface area contributed by atoms with E-state index in [0.29, 0.717) is 12.2 Å². The predicted octanol–water partition coefficient (Wildman–Crippen LogP) is 3.99. The first kappa shape index (κ1) is 14.5.